The topological polar surface area (TPSA) is 364 Å². The molecule has 5 aliphatic rings. The van der Waals surface area contributed by atoms with E-state index in [1.54, 1.807) is 138 Å². The molecule has 14 rings (SSSR count). The quantitative estimate of drug-likeness (QED) is 0.0331. The normalized spacial score (nSPS) is 16.7. The number of aromatic nitrogens is 1. The molecule has 0 radical (unpaired) electrons. The van der Waals surface area contributed by atoms with Gasteiger partial charge in [0.2, 0.25) is 47.3 Å². The number of ether oxygens (including phenoxy) is 8. The Morgan fingerprint density at radius 1 is 0.412 bits per heavy atom. The van der Waals surface area contributed by atoms with Crippen molar-refractivity contribution in [3.8, 4) is 52.1 Å². The summed E-state index contributed by atoms with van der Waals surface area (Å²) in [5, 5.41) is 8.73. The van der Waals surface area contributed by atoms with Gasteiger partial charge in [0.1, 0.15) is 12.7 Å². The fourth-order valence-electron chi connectivity index (χ4n) is 13.8. The molecular weight excluding hydrogens is 1450 g/mol. The minimum absolute atomic E-state index is 0.00149. The Kier molecular flexibility index (Phi) is 27.5. The van der Waals surface area contributed by atoms with Gasteiger partial charge in [0, 0.05) is 127 Å². The Bertz CT molecular complexity index is 5030. The van der Waals surface area contributed by atoms with Gasteiger partial charge in [-0.25, -0.2) is 0 Å². The molecule has 8 amide bonds. The molecule has 1 aromatic heterocycles. The number of primary amides is 4. The third-order valence-corrected chi connectivity index (χ3v) is 20.2. The lowest BCUT2D eigenvalue weighted by molar-refractivity contribution is -0.118. The number of hydrogen-bond donors (Lipinski definition) is 4. The lowest BCUT2D eigenvalue weighted by Crippen LogP contribution is -2.24. The van der Waals surface area contributed by atoms with Gasteiger partial charge in [0.05, 0.1) is 47.3 Å². The van der Waals surface area contributed by atoms with Gasteiger partial charge in [-0.1, -0.05) is 67.9 Å². The van der Waals surface area contributed by atoms with Crippen molar-refractivity contribution in [1.29, 1.82) is 5.26 Å². The maximum Gasteiger partial charge on any atom is 0.248 e. The summed E-state index contributed by atoms with van der Waals surface area (Å²) in [5.74, 6) is 3.73. The highest BCUT2D eigenvalue weighted by Crippen LogP contribution is 2.43. The van der Waals surface area contributed by atoms with Crippen molar-refractivity contribution in [2.75, 3.05) is 94.0 Å². The second-order valence-corrected chi connectivity index (χ2v) is 27.9. The summed E-state index contributed by atoms with van der Waals surface area (Å²) in [4.78, 5) is 107. The Hall–Kier alpha value is -13.4. The number of carbonyl (C=O) groups excluding carboxylic acids is 8. The molecule has 26 nitrogen and oxygen atoms in total. The van der Waals surface area contributed by atoms with Crippen LogP contribution in [-0.4, -0.2) is 127 Å². The Labute approximate surface area is 661 Å². The van der Waals surface area contributed by atoms with E-state index >= 15 is 0 Å². The molecule has 5 heterocycles. The van der Waals surface area contributed by atoms with Crippen LogP contribution in [0.25, 0.3) is 0 Å². The zero-order valence-corrected chi connectivity index (χ0v) is 64.2. The first-order chi connectivity index (χ1) is 55.1. The molecule has 8 aromatic carbocycles. The van der Waals surface area contributed by atoms with Crippen LogP contribution in [0.1, 0.15) is 151 Å². The van der Waals surface area contributed by atoms with E-state index in [1.807, 2.05) is 103 Å². The molecule has 1 aliphatic carbocycles. The maximum absolute atomic E-state index is 12.7. The molecule has 4 aliphatic heterocycles. The molecule has 0 spiro atoms. The van der Waals surface area contributed by atoms with Gasteiger partial charge in [-0.2, -0.15) is 5.26 Å². The van der Waals surface area contributed by atoms with Crippen LogP contribution in [0.4, 0.5) is 22.7 Å². The molecule has 0 bridgehead atoms. The molecule has 26 heteroatoms. The van der Waals surface area contributed by atoms with Crippen LogP contribution < -0.4 is 80.4 Å². The van der Waals surface area contributed by atoms with E-state index in [0.29, 0.717) is 163 Å². The number of benzene rings is 8. The molecule has 8 N–H and O–H groups in total. The second-order valence-electron chi connectivity index (χ2n) is 27.9. The van der Waals surface area contributed by atoms with Crippen molar-refractivity contribution in [2.45, 2.75) is 88.6 Å². The van der Waals surface area contributed by atoms with E-state index in [0.717, 1.165) is 46.5 Å². The van der Waals surface area contributed by atoms with Gasteiger partial charge < -0.3 is 80.4 Å². The summed E-state index contributed by atoms with van der Waals surface area (Å²) in [6, 6.07) is 57.8. The number of nitriles is 1. The lowest BCUT2D eigenvalue weighted by atomic mass is 9.98. The van der Waals surface area contributed by atoms with E-state index in [9.17, 15) is 38.4 Å². The first-order valence-electron chi connectivity index (χ1n) is 37.5. The second kappa shape index (κ2) is 38.5. The van der Waals surface area contributed by atoms with E-state index < -0.39 is 23.6 Å². The molecule has 5 fully saturated rings. The minimum atomic E-state index is -0.533. The van der Waals surface area contributed by atoms with Gasteiger partial charge in [-0.3, -0.25) is 43.3 Å². The zero-order chi connectivity index (χ0) is 81.0. The number of unbranched alkanes of at least 4 members (excludes halogenated alkanes) is 1. The van der Waals surface area contributed by atoms with Crippen LogP contribution in [0.15, 0.2) is 194 Å². The summed E-state index contributed by atoms with van der Waals surface area (Å²) < 4.78 is 44.7. The summed E-state index contributed by atoms with van der Waals surface area (Å²) in [6.45, 7) is 5.76. The summed E-state index contributed by atoms with van der Waals surface area (Å²) in [5.41, 5.74) is 30.5. The number of methoxy groups -OCH3 is 4. The minimum Gasteiger partial charge on any atom is -0.493 e. The molecule has 4 unspecified atom stereocenters. The third-order valence-electron chi connectivity index (χ3n) is 20.2. The predicted molar refractivity (Wildman–Crippen MR) is 429 cm³/mol. The van der Waals surface area contributed by atoms with Gasteiger partial charge in [-0.15, -0.1) is 0 Å². The average molecular weight is 1550 g/mol. The molecule has 4 atom stereocenters. The van der Waals surface area contributed by atoms with Crippen LogP contribution in [0, 0.1) is 17.2 Å². The van der Waals surface area contributed by atoms with Gasteiger partial charge in [0.15, 0.2) is 52.6 Å². The molecule has 9 aromatic rings. The van der Waals surface area contributed by atoms with Gasteiger partial charge in [0.25, 0.3) is 0 Å². The smallest absolute Gasteiger partial charge is 0.248 e. The van der Waals surface area contributed by atoms with E-state index in [-0.39, 0.29) is 53.9 Å². The molecule has 1 saturated carbocycles. The summed E-state index contributed by atoms with van der Waals surface area (Å²) >= 11 is 0. The number of anilines is 4. The maximum atomic E-state index is 12.7. The standard InChI is InChI=1S/C24H23N3O4.C22H24N2O4.C22H26N2O4.C20H19N3O4/c1-30-21-9-8-16(12-22(21)31-15-19-6-2-3-10-26-19)18-13-23(28)27(14-18)20-7-4-5-17(11-20)24(25)29;1-27-19-8-7-15(10-20(19)28-13-14-5-6-14)17-11-21(25)24(12-17)18-4-2-3-16(9-18)22(23)26;1-3-4-10-28-20-12-15(8-9-19(20)27-2)17-13-21(25)24(14-17)18-7-5-6-16(11-18)22(23)26;1-26-17-6-5-13(10-18(17)27-8-7-21)15-11-19(24)23(12-15)16-4-2-3-14(9-16)20(22)25/h2-12,18H,13-15H2,1H3,(H2,25,29);2-4,7-10,14,17H,5-6,11-13H2,1H3,(H2,23,26);5-9,11-12,17H,3-4,10,13-14H2,1-2H3,(H2,23,26);2-6,9-10,15H,8,11-12H2,1H3,(H2,22,25). The highest BCUT2D eigenvalue weighted by Gasteiger charge is 2.37. The molecular formula is C88H92N10O16. The number of pyridine rings is 1. The summed E-state index contributed by atoms with van der Waals surface area (Å²) in [7, 11) is 6.37. The lowest BCUT2D eigenvalue weighted by Gasteiger charge is -2.18. The molecule has 114 heavy (non-hydrogen) atoms. The van der Waals surface area contributed by atoms with Gasteiger partial charge >= 0.3 is 0 Å². The van der Waals surface area contributed by atoms with Crippen LogP contribution in [0.3, 0.4) is 0 Å². The first kappa shape index (κ1) is 81.5. The van der Waals surface area contributed by atoms with Crippen molar-refractivity contribution in [2.24, 2.45) is 28.9 Å². The third kappa shape index (κ3) is 20.8. The average Bonchev–Trinajstić information content (AvgIpc) is 1.68. The number of nitrogens with zero attached hydrogens (tertiary/aromatic N) is 6. The van der Waals surface area contributed by atoms with Crippen molar-refractivity contribution in [1.82, 2.24) is 4.98 Å². The SMILES string of the molecule is CCCCOc1cc(C2CC(=O)N(c3cccc(C(N)=O)c3)C2)ccc1OC.COc1ccc(C2CC(=O)N(c3cccc(C(N)=O)c3)C2)cc1OCC#N.COc1ccc(C2CC(=O)N(c3cccc(C(N)=O)c3)C2)cc1OCC1CC1.COc1ccc(C2CC(=O)N(c3cccc(C(N)=O)c3)C2)cc1OCc1ccccn1. The Morgan fingerprint density at radius 2 is 0.746 bits per heavy atom. The first-order valence-corrected chi connectivity index (χ1v) is 37.5. The van der Waals surface area contributed by atoms with Crippen molar-refractivity contribution in [3.63, 3.8) is 0 Å². The monoisotopic (exact) mass is 1540 g/mol. The van der Waals surface area contributed by atoms with Crippen molar-refractivity contribution in [3.05, 3.63) is 244 Å². The fraction of sp³-hybridized carbons (Fsp3) is 0.295. The highest BCUT2D eigenvalue weighted by molar-refractivity contribution is 6.02. The molecule has 4 saturated heterocycles. The largest absolute Gasteiger partial charge is 0.493 e. The predicted octanol–water partition coefficient (Wildman–Crippen LogP) is 12.1. The van der Waals surface area contributed by atoms with Crippen LogP contribution in [0.5, 0.6) is 46.0 Å². The number of rotatable bonds is 28. The van der Waals surface area contributed by atoms with Crippen molar-refractivity contribution >= 4 is 70.0 Å². The van der Waals surface area contributed by atoms with Crippen LogP contribution in [0.2, 0.25) is 0 Å². The fourth-order valence-corrected chi connectivity index (χ4v) is 13.8. The Morgan fingerprint density at radius 3 is 1.04 bits per heavy atom. The number of hydrogen-bond acceptors (Lipinski definition) is 18. The zero-order valence-electron chi connectivity index (χ0n) is 64.2. The van der Waals surface area contributed by atoms with E-state index in [4.69, 9.17) is 66.1 Å². The number of amides is 8. The Balaban J connectivity index is 0.000000150. The van der Waals surface area contributed by atoms with Crippen LogP contribution in [-0.2, 0) is 25.8 Å². The number of carbonyl (C=O) groups is 8. The van der Waals surface area contributed by atoms with E-state index in [1.165, 1.54) is 20.0 Å². The highest BCUT2D eigenvalue weighted by atomic mass is 16.5. The van der Waals surface area contributed by atoms with Crippen LogP contribution >= 0.6 is 0 Å². The molecule has 590 valence electrons. The summed E-state index contributed by atoms with van der Waals surface area (Å²) in [6.07, 6.45) is 7.71. The van der Waals surface area contributed by atoms with Gasteiger partial charge in [-0.05, 0) is 181 Å². The van der Waals surface area contributed by atoms with Crippen molar-refractivity contribution < 1.29 is 76.3 Å². The van der Waals surface area contributed by atoms with E-state index in [2.05, 4.69) is 11.9 Å². The number of nitrogens with two attached hydrogens (primary N) is 4.